The van der Waals surface area contributed by atoms with E-state index in [-0.39, 0.29) is 36.3 Å². The largest absolute Gasteiger partial charge is 0.355 e. The van der Waals surface area contributed by atoms with Gasteiger partial charge in [-0.25, -0.2) is 9.97 Å². The molecule has 0 aliphatic carbocycles. The quantitative estimate of drug-likeness (QED) is 0.324. The summed E-state index contributed by atoms with van der Waals surface area (Å²) in [4.78, 5) is 16.0. The Morgan fingerprint density at radius 2 is 0.846 bits per heavy atom. The van der Waals surface area contributed by atoms with Gasteiger partial charge >= 0.3 is 0 Å². The van der Waals surface area contributed by atoms with Crippen LogP contribution in [-0.2, 0) is 36.3 Å². The zero-order chi connectivity index (χ0) is 15.9. The van der Waals surface area contributed by atoms with Gasteiger partial charge in [-0.3, -0.25) is 0 Å². The Balaban J connectivity index is 0.000000980. The Morgan fingerprint density at radius 1 is 0.500 bits per heavy atom. The number of hydrogen-bond donors (Lipinski definition) is 2. The molecule has 1 radical (unpaired) electrons. The molecular weight excluding hydrogens is 456 g/mol. The molecule has 26 heavy (non-hydrogen) atoms. The van der Waals surface area contributed by atoms with Gasteiger partial charge in [-0.15, -0.1) is 0 Å². The molecule has 6 heteroatoms. The standard InChI is InChI=1S/C20H14N4.Co.Ru/c1-2-14-10-16-5-6-18(23-16)12-20-8-7-19(24-20)11-17-4-3-15(22-17)9-13(1)21-14;;/h1-12,21-22H;;. The van der Waals surface area contributed by atoms with Crippen LogP contribution in [0.3, 0.4) is 0 Å². The average Bonchev–Trinajstić information content (AvgIpc) is 3.32. The number of nitrogens with one attached hydrogen (secondary N) is 2. The number of aromatic amines is 2. The van der Waals surface area contributed by atoms with Crippen molar-refractivity contribution in [3.8, 4) is 0 Å². The van der Waals surface area contributed by atoms with Gasteiger partial charge in [0.2, 0.25) is 0 Å². The molecule has 0 atom stereocenters. The molecule has 0 saturated heterocycles. The van der Waals surface area contributed by atoms with Gasteiger partial charge in [-0.2, -0.15) is 0 Å². The van der Waals surface area contributed by atoms with Gasteiger partial charge in [0.1, 0.15) is 0 Å². The maximum absolute atomic E-state index is 4.62. The third kappa shape index (κ3) is 3.78. The molecule has 8 bridgehead atoms. The van der Waals surface area contributed by atoms with Gasteiger partial charge in [0.05, 0.1) is 22.8 Å². The molecule has 2 aliphatic heterocycles. The first kappa shape index (κ1) is 18.5. The molecule has 2 N–H and O–H groups in total. The number of rotatable bonds is 0. The monoisotopic (exact) mass is 471 g/mol. The summed E-state index contributed by atoms with van der Waals surface area (Å²) < 4.78 is 0. The zero-order valence-electron chi connectivity index (χ0n) is 13.5. The second-order valence-corrected chi connectivity index (χ2v) is 5.91. The number of aromatic nitrogens is 4. The van der Waals surface area contributed by atoms with Crippen LogP contribution in [0.1, 0.15) is 22.8 Å². The molecule has 3 aromatic heterocycles. The van der Waals surface area contributed by atoms with E-state index in [4.69, 9.17) is 0 Å². The van der Waals surface area contributed by atoms with Crippen molar-refractivity contribution in [2.24, 2.45) is 0 Å². The molecule has 5 rings (SSSR count). The van der Waals surface area contributed by atoms with Crippen molar-refractivity contribution >= 4 is 46.4 Å². The van der Waals surface area contributed by atoms with Crippen LogP contribution in [-0.4, -0.2) is 19.9 Å². The summed E-state index contributed by atoms with van der Waals surface area (Å²) in [6.07, 6.45) is 8.05. The molecule has 0 spiro atoms. The second-order valence-electron chi connectivity index (χ2n) is 5.91. The maximum atomic E-state index is 4.62. The molecular formula is C20H14CoN4Ru. The fourth-order valence-corrected chi connectivity index (χ4v) is 2.94. The molecule has 3 aromatic rings. The van der Waals surface area contributed by atoms with Gasteiger partial charge in [-0.1, -0.05) is 0 Å². The minimum absolute atomic E-state index is 0. The molecule has 2 aliphatic rings. The number of hydrogen-bond acceptors (Lipinski definition) is 2. The summed E-state index contributed by atoms with van der Waals surface area (Å²) in [6.45, 7) is 0. The van der Waals surface area contributed by atoms with Crippen LogP contribution in [0.4, 0.5) is 0 Å². The van der Waals surface area contributed by atoms with E-state index >= 15 is 0 Å². The minimum atomic E-state index is 0. The SMILES string of the molecule is C1=Cc2cc3ccc(cc4ccc(cc5nc(cc1n2)C=C5)[nH]4)[nH]3.[Co].[Ru]. The molecule has 0 saturated carbocycles. The van der Waals surface area contributed by atoms with Crippen LogP contribution in [0.15, 0.2) is 48.5 Å². The van der Waals surface area contributed by atoms with Crippen molar-refractivity contribution in [3.63, 3.8) is 0 Å². The van der Waals surface area contributed by atoms with Gasteiger partial charge in [0, 0.05) is 58.3 Å². The van der Waals surface area contributed by atoms with E-state index in [1.165, 1.54) is 0 Å². The van der Waals surface area contributed by atoms with Crippen LogP contribution in [0.25, 0.3) is 46.4 Å². The Kier molecular flexibility index (Phi) is 5.37. The van der Waals surface area contributed by atoms with E-state index in [2.05, 4.69) is 50.3 Å². The van der Waals surface area contributed by atoms with Crippen LogP contribution < -0.4 is 0 Å². The van der Waals surface area contributed by atoms with Crippen molar-refractivity contribution in [1.82, 2.24) is 19.9 Å². The number of H-pyrrole nitrogens is 2. The van der Waals surface area contributed by atoms with Crippen LogP contribution in [0.2, 0.25) is 0 Å². The van der Waals surface area contributed by atoms with Crippen molar-refractivity contribution in [2.75, 3.05) is 0 Å². The van der Waals surface area contributed by atoms with E-state index in [0.717, 1.165) is 44.8 Å². The van der Waals surface area contributed by atoms with Crippen molar-refractivity contribution in [3.05, 3.63) is 71.3 Å². The van der Waals surface area contributed by atoms with Crippen molar-refractivity contribution in [1.29, 1.82) is 0 Å². The minimum Gasteiger partial charge on any atom is -0.355 e. The van der Waals surface area contributed by atoms with Crippen LogP contribution in [0, 0.1) is 0 Å². The molecule has 4 nitrogen and oxygen atoms in total. The summed E-state index contributed by atoms with van der Waals surface area (Å²) in [6, 6.07) is 16.4. The fourth-order valence-electron chi connectivity index (χ4n) is 2.94. The number of fused-ring (bicyclic) bond motifs is 8. The molecule has 5 heterocycles. The Hall–Kier alpha value is -2.27. The first-order valence-electron chi connectivity index (χ1n) is 7.85. The topological polar surface area (TPSA) is 57.4 Å². The van der Waals surface area contributed by atoms with Crippen molar-refractivity contribution in [2.45, 2.75) is 0 Å². The van der Waals surface area contributed by atoms with Gasteiger partial charge < -0.3 is 9.97 Å². The maximum Gasteiger partial charge on any atom is 0.0659 e. The van der Waals surface area contributed by atoms with E-state index in [1.54, 1.807) is 0 Å². The van der Waals surface area contributed by atoms with Crippen LogP contribution >= 0.6 is 0 Å². The predicted octanol–water partition coefficient (Wildman–Crippen LogP) is 4.65. The van der Waals surface area contributed by atoms with Crippen LogP contribution in [0.5, 0.6) is 0 Å². The summed E-state index contributed by atoms with van der Waals surface area (Å²) in [5.74, 6) is 0. The Bertz CT molecular complexity index is 1080. The molecule has 0 unspecified atom stereocenters. The van der Waals surface area contributed by atoms with E-state index in [1.807, 2.05) is 42.5 Å². The molecule has 0 aromatic carbocycles. The summed E-state index contributed by atoms with van der Waals surface area (Å²) in [5, 5.41) is 0. The first-order chi connectivity index (χ1) is 11.8. The second kappa shape index (κ2) is 7.54. The third-order valence-corrected chi connectivity index (χ3v) is 4.04. The van der Waals surface area contributed by atoms with Gasteiger partial charge in [0.15, 0.2) is 0 Å². The summed E-state index contributed by atoms with van der Waals surface area (Å²) in [7, 11) is 0. The van der Waals surface area contributed by atoms with E-state index < -0.39 is 0 Å². The number of nitrogens with zero attached hydrogens (tertiary/aromatic N) is 2. The Morgan fingerprint density at radius 3 is 1.27 bits per heavy atom. The molecule has 131 valence electrons. The Labute approximate surface area is 173 Å². The summed E-state index contributed by atoms with van der Waals surface area (Å²) >= 11 is 0. The predicted molar refractivity (Wildman–Crippen MR) is 98.9 cm³/mol. The molecule has 0 amide bonds. The average molecular weight is 470 g/mol. The van der Waals surface area contributed by atoms with E-state index in [0.29, 0.717) is 0 Å². The van der Waals surface area contributed by atoms with Gasteiger partial charge in [-0.05, 0) is 72.8 Å². The van der Waals surface area contributed by atoms with Gasteiger partial charge in [0.25, 0.3) is 0 Å². The molecule has 0 fully saturated rings. The smallest absolute Gasteiger partial charge is 0.0659 e. The summed E-state index contributed by atoms with van der Waals surface area (Å²) in [5.41, 5.74) is 7.86. The first-order valence-corrected chi connectivity index (χ1v) is 7.85. The van der Waals surface area contributed by atoms with Crippen molar-refractivity contribution < 1.29 is 36.3 Å². The zero-order valence-corrected chi connectivity index (χ0v) is 16.3. The third-order valence-electron chi connectivity index (χ3n) is 4.04. The normalized spacial score (nSPS) is 11.7. The van der Waals surface area contributed by atoms with E-state index in [9.17, 15) is 0 Å². The fraction of sp³-hybridized carbons (Fsp3) is 0.